The molecule has 0 radical (unpaired) electrons. The van der Waals surface area contributed by atoms with Crippen LogP contribution in [0.1, 0.15) is 6.42 Å². The van der Waals surface area contributed by atoms with Gasteiger partial charge >= 0.3 is 0 Å². The van der Waals surface area contributed by atoms with E-state index >= 15 is 0 Å². The molecule has 1 saturated carbocycles. The largest absolute Gasteiger partial charge is 0.389 e. The average Bonchev–Trinajstić information content (AvgIpc) is 1.97. The Morgan fingerprint density at radius 2 is 1.18 bits per heavy atom. The molecule has 0 aliphatic heterocycles. The van der Waals surface area contributed by atoms with Crippen LogP contribution in [0.25, 0.3) is 0 Å². The molecular weight excluding hydrogens is 148 g/mol. The topological polar surface area (TPSA) is 113 Å². The van der Waals surface area contributed by atoms with Crippen LogP contribution in [-0.4, -0.2) is 45.7 Å². The summed E-state index contributed by atoms with van der Waals surface area (Å²) in [5, 5.41) is 27.4. The SMILES string of the molecule is NC1CC(N)[C@@H](O)C(O)C1O. The number of nitrogens with two attached hydrogens (primary N) is 2. The lowest BCUT2D eigenvalue weighted by atomic mass is 9.85. The molecule has 0 aromatic carbocycles. The molecule has 1 fully saturated rings. The third-order valence-corrected chi connectivity index (χ3v) is 2.12. The molecule has 1 rings (SSSR count). The summed E-state index contributed by atoms with van der Waals surface area (Å²) >= 11 is 0. The van der Waals surface area contributed by atoms with Gasteiger partial charge in [-0.05, 0) is 6.42 Å². The van der Waals surface area contributed by atoms with Crippen LogP contribution in [0, 0.1) is 0 Å². The second kappa shape index (κ2) is 3.04. The van der Waals surface area contributed by atoms with Crippen LogP contribution in [0.15, 0.2) is 0 Å². The van der Waals surface area contributed by atoms with E-state index in [0.717, 1.165) is 0 Å². The average molecular weight is 162 g/mol. The smallest absolute Gasteiger partial charge is 0.109 e. The van der Waals surface area contributed by atoms with Gasteiger partial charge in [-0.1, -0.05) is 0 Å². The molecule has 0 aromatic heterocycles. The molecule has 0 amide bonds. The van der Waals surface area contributed by atoms with Gasteiger partial charge < -0.3 is 26.8 Å². The highest BCUT2D eigenvalue weighted by molar-refractivity contribution is 4.96. The van der Waals surface area contributed by atoms with Crippen molar-refractivity contribution in [3.63, 3.8) is 0 Å². The Labute approximate surface area is 64.6 Å². The summed E-state index contributed by atoms with van der Waals surface area (Å²) < 4.78 is 0. The Morgan fingerprint density at radius 3 is 1.55 bits per heavy atom. The highest BCUT2D eigenvalue weighted by Gasteiger charge is 2.39. The predicted molar refractivity (Wildman–Crippen MR) is 38.6 cm³/mol. The van der Waals surface area contributed by atoms with E-state index in [1.807, 2.05) is 0 Å². The number of aliphatic hydroxyl groups excluding tert-OH is 3. The summed E-state index contributed by atoms with van der Waals surface area (Å²) in [6, 6.07) is -1.08. The Morgan fingerprint density at radius 1 is 0.818 bits per heavy atom. The van der Waals surface area contributed by atoms with Crippen molar-refractivity contribution in [2.24, 2.45) is 11.5 Å². The summed E-state index contributed by atoms with van der Waals surface area (Å²) in [7, 11) is 0. The molecule has 5 heteroatoms. The van der Waals surface area contributed by atoms with Crippen LogP contribution >= 0.6 is 0 Å². The minimum atomic E-state index is -1.21. The summed E-state index contributed by atoms with van der Waals surface area (Å²) in [6.45, 7) is 0. The van der Waals surface area contributed by atoms with Crippen molar-refractivity contribution in [1.82, 2.24) is 0 Å². The Bertz CT molecular complexity index is 130. The Kier molecular flexibility index (Phi) is 2.46. The first kappa shape index (κ1) is 8.89. The minimum absolute atomic E-state index is 0.333. The molecule has 0 saturated heterocycles. The summed E-state index contributed by atoms with van der Waals surface area (Å²) in [5.74, 6) is 0. The molecule has 4 unspecified atom stereocenters. The minimum Gasteiger partial charge on any atom is -0.389 e. The fraction of sp³-hybridized carbons (Fsp3) is 1.00. The van der Waals surface area contributed by atoms with Crippen LogP contribution in [0.5, 0.6) is 0 Å². The fourth-order valence-corrected chi connectivity index (χ4v) is 1.30. The second-order valence-electron chi connectivity index (χ2n) is 3.04. The molecule has 0 heterocycles. The van der Waals surface area contributed by atoms with Crippen molar-refractivity contribution in [2.45, 2.75) is 36.8 Å². The lowest BCUT2D eigenvalue weighted by Gasteiger charge is -2.37. The maximum atomic E-state index is 9.14. The zero-order valence-corrected chi connectivity index (χ0v) is 6.09. The van der Waals surface area contributed by atoms with Gasteiger partial charge in [-0.25, -0.2) is 0 Å². The number of hydrogen-bond donors (Lipinski definition) is 5. The van der Waals surface area contributed by atoms with E-state index < -0.39 is 30.4 Å². The number of hydrogen-bond acceptors (Lipinski definition) is 5. The zero-order chi connectivity index (χ0) is 8.59. The van der Waals surface area contributed by atoms with Gasteiger partial charge in [-0.2, -0.15) is 0 Å². The first-order valence-electron chi connectivity index (χ1n) is 3.59. The fourth-order valence-electron chi connectivity index (χ4n) is 1.30. The van der Waals surface area contributed by atoms with Gasteiger partial charge in [0.25, 0.3) is 0 Å². The maximum Gasteiger partial charge on any atom is 0.109 e. The van der Waals surface area contributed by atoms with Crippen LogP contribution < -0.4 is 11.5 Å². The summed E-state index contributed by atoms with van der Waals surface area (Å²) in [5.41, 5.74) is 10.8. The molecule has 5 atom stereocenters. The van der Waals surface area contributed by atoms with Gasteiger partial charge in [0.1, 0.15) is 6.10 Å². The standard InChI is InChI=1S/C6H14N2O3/c7-2-1-3(8)5(10)6(11)4(2)9/h2-6,9-11H,1,7-8H2/t2?,3?,4-,5?,6?/m1/s1. The Hall–Kier alpha value is -0.200. The lowest BCUT2D eigenvalue weighted by Crippen LogP contribution is -2.61. The van der Waals surface area contributed by atoms with Gasteiger partial charge in [0.2, 0.25) is 0 Å². The molecule has 66 valence electrons. The van der Waals surface area contributed by atoms with E-state index in [-0.39, 0.29) is 0 Å². The van der Waals surface area contributed by atoms with Crippen molar-refractivity contribution < 1.29 is 15.3 Å². The number of aliphatic hydroxyl groups is 3. The van der Waals surface area contributed by atoms with Crippen molar-refractivity contribution in [2.75, 3.05) is 0 Å². The zero-order valence-electron chi connectivity index (χ0n) is 6.09. The Balaban J connectivity index is 2.63. The van der Waals surface area contributed by atoms with Gasteiger partial charge in [-0.3, -0.25) is 0 Å². The van der Waals surface area contributed by atoms with Crippen molar-refractivity contribution in [3.05, 3.63) is 0 Å². The van der Waals surface area contributed by atoms with E-state index in [0.29, 0.717) is 6.42 Å². The van der Waals surface area contributed by atoms with Gasteiger partial charge in [0.05, 0.1) is 12.2 Å². The van der Waals surface area contributed by atoms with E-state index in [9.17, 15) is 0 Å². The van der Waals surface area contributed by atoms with E-state index in [4.69, 9.17) is 26.8 Å². The summed E-state index contributed by atoms with van der Waals surface area (Å²) in [4.78, 5) is 0. The lowest BCUT2D eigenvalue weighted by molar-refractivity contribution is -0.100. The van der Waals surface area contributed by atoms with Crippen LogP contribution in [-0.2, 0) is 0 Å². The number of rotatable bonds is 0. The molecule has 5 nitrogen and oxygen atoms in total. The van der Waals surface area contributed by atoms with Crippen LogP contribution in [0.3, 0.4) is 0 Å². The monoisotopic (exact) mass is 162 g/mol. The second-order valence-corrected chi connectivity index (χ2v) is 3.04. The maximum absolute atomic E-state index is 9.14. The molecule has 0 bridgehead atoms. The van der Waals surface area contributed by atoms with Gasteiger partial charge in [-0.15, -0.1) is 0 Å². The predicted octanol–water partition coefficient (Wildman–Crippen LogP) is -2.87. The molecule has 7 N–H and O–H groups in total. The van der Waals surface area contributed by atoms with Crippen molar-refractivity contribution in [3.8, 4) is 0 Å². The highest BCUT2D eigenvalue weighted by Crippen LogP contribution is 2.17. The molecule has 11 heavy (non-hydrogen) atoms. The molecule has 1 aliphatic carbocycles. The van der Waals surface area contributed by atoms with Crippen LogP contribution in [0.2, 0.25) is 0 Å². The third kappa shape index (κ3) is 1.52. The van der Waals surface area contributed by atoms with Crippen molar-refractivity contribution >= 4 is 0 Å². The third-order valence-electron chi connectivity index (χ3n) is 2.12. The van der Waals surface area contributed by atoms with Crippen LogP contribution in [0.4, 0.5) is 0 Å². The summed E-state index contributed by atoms with van der Waals surface area (Å²) in [6.07, 6.45) is -3.01. The molecule has 0 aromatic rings. The molecular formula is C6H14N2O3. The van der Waals surface area contributed by atoms with E-state index in [2.05, 4.69) is 0 Å². The first-order chi connectivity index (χ1) is 5.04. The van der Waals surface area contributed by atoms with E-state index in [1.54, 1.807) is 0 Å². The molecule has 1 aliphatic rings. The quantitative estimate of drug-likeness (QED) is 0.263. The van der Waals surface area contributed by atoms with Crippen molar-refractivity contribution in [1.29, 1.82) is 0 Å². The van der Waals surface area contributed by atoms with Gasteiger partial charge in [0.15, 0.2) is 0 Å². The van der Waals surface area contributed by atoms with E-state index in [1.165, 1.54) is 0 Å². The normalized spacial score (nSPS) is 52.6. The molecule has 0 spiro atoms. The van der Waals surface area contributed by atoms with Gasteiger partial charge in [0, 0.05) is 12.1 Å². The highest BCUT2D eigenvalue weighted by atomic mass is 16.4. The first-order valence-corrected chi connectivity index (χ1v) is 3.59.